The summed E-state index contributed by atoms with van der Waals surface area (Å²) in [5.74, 6) is -2.42. The molecule has 0 aliphatic rings. The van der Waals surface area contributed by atoms with Gasteiger partial charge in [-0.25, -0.2) is 8.78 Å². The second kappa shape index (κ2) is 5.91. The fourth-order valence-corrected chi connectivity index (χ4v) is 1.76. The third-order valence-electron chi connectivity index (χ3n) is 2.94. The SMILES string of the molecule is CC(C)[C@@H](CO)N(C)C(=O)c1ccc(F)c(F)c1. The maximum Gasteiger partial charge on any atom is 0.254 e. The Morgan fingerprint density at radius 1 is 1.33 bits per heavy atom. The number of aliphatic hydroxyl groups excluding tert-OH is 1. The first-order valence-corrected chi connectivity index (χ1v) is 5.71. The molecule has 0 saturated carbocycles. The second-order valence-electron chi connectivity index (χ2n) is 4.54. The minimum absolute atomic E-state index is 0.0641. The lowest BCUT2D eigenvalue weighted by molar-refractivity contribution is 0.0588. The van der Waals surface area contributed by atoms with Crippen LogP contribution in [0.2, 0.25) is 0 Å². The Balaban J connectivity index is 2.95. The third kappa shape index (κ3) is 3.04. The fourth-order valence-electron chi connectivity index (χ4n) is 1.76. The lowest BCUT2D eigenvalue weighted by atomic mass is 10.0. The molecule has 0 saturated heterocycles. The summed E-state index contributed by atoms with van der Waals surface area (Å²) in [5.41, 5.74) is 0.0653. The van der Waals surface area contributed by atoms with E-state index in [-0.39, 0.29) is 24.1 Å². The van der Waals surface area contributed by atoms with Gasteiger partial charge < -0.3 is 10.0 Å². The van der Waals surface area contributed by atoms with Crippen molar-refractivity contribution < 1.29 is 18.7 Å². The van der Waals surface area contributed by atoms with Crippen molar-refractivity contribution in [3.05, 3.63) is 35.4 Å². The van der Waals surface area contributed by atoms with Crippen LogP contribution in [0.4, 0.5) is 8.78 Å². The van der Waals surface area contributed by atoms with E-state index in [0.29, 0.717) is 0 Å². The van der Waals surface area contributed by atoms with E-state index in [1.165, 1.54) is 18.0 Å². The largest absolute Gasteiger partial charge is 0.394 e. The number of carbonyl (C=O) groups excluding carboxylic acids is 1. The average Bonchev–Trinajstić information content (AvgIpc) is 2.32. The zero-order chi connectivity index (χ0) is 13.9. The number of halogens is 2. The Bertz CT molecular complexity index is 435. The van der Waals surface area contributed by atoms with Crippen LogP contribution in [0.3, 0.4) is 0 Å². The molecule has 18 heavy (non-hydrogen) atoms. The van der Waals surface area contributed by atoms with E-state index in [1.54, 1.807) is 0 Å². The summed E-state index contributed by atoms with van der Waals surface area (Å²) in [6, 6.07) is 2.65. The minimum Gasteiger partial charge on any atom is -0.394 e. The van der Waals surface area contributed by atoms with Crippen molar-refractivity contribution in [2.45, 2.75) is 19.9 Å². The number of carbonyl (C=O) groups is 1. The molecule has 3 nitrogen and oxygen atoms in total. The smallest absolute Gasteiger partial charge is 0.254 e. The predicted octanol–water partition coefficient (Wildman–Crippen LogP) is 2.05. The van der Waals surface area contributed by atoms with Gasteiger partial charge in [-0.05, 0) is 24.1 Å². The maximum absolute atomic E-state index is 13.0. The summed E-state index contributed by atoms with van der Waals surface area (Å²) in [6.07, 6.45) is 0. The molecule has 1 aromatic rings. The summed E-state index contributed by atoms with van der Waals surface area (Å²) in [4.78, 5) is 13.4. The highest BCUT2D eigenvalue weighted by atomic mass is 19.2. The molecule has 5 heteroatoms. The van der Waals surface area contributed by atoms with Gasteiger partial charge in [-0.15, -0.1) is 0 Å². The lowest BCUT2D eigenvalue weighted by Gasteiger charge is -2.29. The topological polar surface area (TPSA) is 40.5 Å². The first-order valence-electron chi connectivity index (χ1n) is 5.71. The second-order valence-corrected chi connectivity index (χ2v) is 4.54. The van der Waals surface area contributed by atoms with Gasteiger partial charge in [0.15, 0.2) is 11.6 Å². The molecule has 1 rings (SSSR count). The van der Waals surface area contributed by atoms with Crippen molar-refractivity contribution in [3.63, 3.8) is 0 Å². The van der Waals surface area contributed by atoms with E-state index < -0.39 is 17.5 Å². The molecule has 1 N–H and O–H groups in total. The number of hydrogen-bond donors (Lipinski definition) is 1. The van der Waals surface area contributed by atoms with E-state index in [9.17, 15) is 18.7 Å². The van der Waals surface area contributed by atoms with Crippen molar-refractivity contribution in [2.75, 3.05) is 13.7 Å². The van der Waals surface area contributed by atoms with E-state index >= 15 is 0 Å². The Labute approximate surface area is 105 Å². The average molecular weight is 257 g/mol. The van der Waals surface area contributed by atoms with Crippen LogP contribution in [0.1, 0.15) is 24.2 Å². The van der Waals surface area contributed by atoms with Gasteiger partial charge in [-0.2, -0.15) is 0 Å². The quantitative estimate of drug-likeness (QED) is 0.896. The molecule has 0 unspecified atom stereocenters. The molecule has 0 radical (unpaired) electrons. The number of benzene rings is 1. The van der Waals surface area contributed by atoms with Crippen LogP contribution in [-0.4, -0.2) is 35.6 Å². The lowest BCUT2D eigenvalue weighted by Crippen LogP contribution is -2.42. The third-order valence-corrected chi connectivity index (χ3v) is 2.94. The van der Waals surface area contributed by atoms with Crippen molar-refractivity contribution in [2.24, 2.45) is 5.92 Å². The summed E-state index contributed by atoms with van der Waals surface area (Å²) >= 11 is 0. The van der Waals surface area contributed by atoms with Gasteiger partial charge in [0, 0.05) is 12.6 Å². The highest BCUT2D eigenvalue weighted by Gasteiger charge is 2.23. The number of nitrogens with zero attached hydrogens (tertiary/aromatic N) is 1. The zero-order valence-corrected chi connectivity index (χ0v) is 10.7. The molecule has 0 aliphatic carbocycles. The van der Waals surface area contributed by atoms with Crippen LogP contribution in [0.5, 0.6) is 0 Å². The molecule has 0 spiro atoms. The van der Waals surface area contributed by atoms with Crippen LogP contribution < -0.4 is 0 Å². The van der Waals surface area contributed by atoms with Crippen molar-refractivity contribution in [1.29, 1.82) is 0 Å². The molecule has 0 aliphatic heterocycles. The Morgan fingerprint density at radius 2 is 1.94 bits per heavy atom. The summed E-state index contributed by atoms with van der Waals surface area (Å²) in [7, 11) is 1.53. The first-order chi connectivity index (χ1) is 8.38. The Kier molecular flexibility index (Phi) is 4.78. The Morgan fingerprint density at radius 3 is 2.39 bits per heavy atom. The Hall–Kier alpha value is -1.49. The zero-order valence-electron chi connectivity index (χ0n) is 10.7. The molecule has 0 aromatic heterocycles. The molecule has 1 amide bonds. The van der Waals surface area contributed by atoms with Gasteiger partial charge in [0.25, 0.3) is 5.91 Å². The normalized spacial score (nSPS) is 12.6. The monoisotopic (exact) mass is 257 g/mol. The van der Waals surface area contributed by atoms with Crippen LogP contribution in [0.25, 0.3) is 0 Å². The maximum atomic E-state index is 13.0. The van der Waals surface area contributed by atoms with Gasteiger partial charge in [0.2, 0.25) is 0 Å². The van der Waals surface area contributed by atoms with E-state index in [0.717, 1.165) is 12.1 Å². The van der Waals surface area contributed by atoms with Gasteiger partial charge in [0.1, 0.15) is 0 Å². The number of hydrogen-bond acceptors (Lipinski definition) is 2. The molecule has 0 bridgehead atoms. The molecular weight excluding hydrogens is 240 g/mol. The van der Waals surface area contributed by atoms with Crippen molar-refractivity contribution >= 4 is 5.91 Å². The highest BCUT2D eigenvalue weighted by molar-refractivity contribution is 5.94. The van der Waals surface area contributed by atoms with Gasteiger partial charge in [-0.1, -0.05) is 13.8 Å². The number of likely N-dealkylation sites (N-methyl/N-ethyl adjacent to an activating group) is 1. The summed E-state index contributed by atoms with van der Waals surface area (Å²) < 4.78 is 25.8. The predicted molar refractivity (Wildman–Crippen MR) is 64.2 cm³/mol. The number of amides is 1. The molecule has 1 atom stereocenters. The van der Waals surface area contributed by atoms with E-state index in [2.05, 4.69) is 0 Å². The fraction of sp³-hybridized carbons (Fsp3) is 0.462. The van der Waals surface area contributed by atoms with Gasteiger partial charge in [0.05, 0.1) is 12.6 Å². The van der Waals surface area contributed by atoms with Crippen LogP contribution in [0, 0.1) is 17.6 Å². The van der Waals surface area contributed by atoms with Crippen molar-refractivity contribution in [3.8, 4) is 0 Å². The number of rotatable bonds is 4. The molecule has 100 valence electrons. The molecule has 1 aromatic carbocycles. The van der Waals surface area contributed by atoms with Gasteiger partial charge >= 0.3 is 0 Å². The van der Waals surface area contributed by atoms with Gasteiger partial charge in [-0.3, -0.25) is 4.79 Å². The standard InChI is InChI=1S/C13H17F2NO2/c1-8(2)12(7-17)16(3)13(18)9-4-5-10(14)11(15)6-9/h4-6,8,12,17H,7H2,1-3H3/t12-/m1/s1. The van der Waals surface area contributed by atoms with E-state index in [1.807, 2.05) is 13.8 Å². The first kappa shape index (κ1) is 14.6. The highest BCUT2D eigenvalue weighted by Crippen LogP contribution is 2.15. The van der Waals surface area contributed by atoms with Crippen LogP contribution in [-0.2, 0) is 0 Å². The summed E-state index contributed by atoms with van der Waals surface area (Å²) in [6.45, 7) is 3.56. The van der Waals surface area contributed by atoms with Crippen LogP contribution in [0.15, 0.2) is 18.2 Å². The van der Waals surface area contributed by atoms with Crippen molar-refractivity contribution in [1.82, 2.24) is 4.90 Å². The van der Waals surface area contributed by atoms with Crippen LogP contribution >= 0.6 is 0 Å². The molecule has 0 fully saturated rings. The number of aliphatic hydroxyl groups is 1. The molecule has 0 heterocycles. The molecular formula is C13H17F2NO2. The van der Waals surface area contributed by atoms with E-state index in [4.69, 9.17) is 0 Å². The summed E-state index contributed by atoms with van der Waals surface area (Å²) in [5, 5.41) is 9.23. The minimum atomic E-state index is -1.06.